The molecule has 0 aliphatic heterocycles. The number of hydrogen-bond acceptors (Lipinski definition) is 3. The van der Waals surface area contributed by atoms with Gasteiger partial charge in [-0.3, -0.25) is 0 Å². The highest BCUT2D eigenvalue weighted by Crippen LogP contribution is 2.29. The highest BCUT2D eigenvalue weighted by Gasteiger charge is 2.29. The van der Waals surface area contributed by atoms with Crippen molar-refractivity contribution in [1.82, 2.24) is 4.72 Å². The largest absolute Gasteiger partial charge is 0.326 e. The minimum absolute atomic E-state index is 0.0437. The Labute approximate surface area is 135 Å². The molecule has 1 aliphatic rings. The Morgan fingerprint density at radius 1 is 1.33 bits per heavy atom. The van der Waals surface area contributed by atoms with Gasteiger partial charge in [0.2, 0.25) is 10.0 Å². The topological polar surface area (TPSA) is 72.2 Å². The van der Waals surface area contributed by atoms with E-state index in [1.165, 1.54) is 6.42 Å². The first kappa shape index (κ1) is 16.9. The lowest BCUT2D eigenvalue weighted by atomic mass is 9.83. The summed E-state index contributed by atoms with van der Waals surface area (Å²) in [6, 6.07) is 5.27. The Morgan fingerprint density at radius 2 is 2.05 bits per heavy atom. The van der Waals surface area contributed by atoms with Crippen LogP contribution in [0, 0.1) is 5.92 Å². The van der Waals surface area contributed by atoms with E-state index >= 15 is 0 Å². The Balaban J connectivity index is 2.25. The molecule has 2 unspecified atom stereocenters. The van der Waals surface area contributed by atoms with Crippen molar-refractivity contribution in [2.75, 3.05) is 0 Å². The van der Waals surface area contributed by atoms with Crippen molar-refractivity contribution in [3.05, 3.63) is 28.2 Å². The third-order valence-corrected chi connectivity index (χ3v) is 6.74. The molecule has 0 bridgehead atoms. The van der Waals surface area contributed by atoms with Gasteiger partial charge >= 0.3 is 0 Å². The third-order valence-electron chi connectivity index (χ3n) is 4.26. The summed E-state index contributed by atoms with van der Waals surface area (Å²) in [6.45, 7) is 2.46. The van der Waals surface area contributed by atoms with Crippen molar-refractivity contribution in [3.63, 3.8) is 0 Å². The van der Waals surface area contributed by atoms with Crippen LogP contribution in [0.1, 0.15) is 44.6 Å². The van der Waals surface area contributed by atoms with Crippen molar-refractivity contribution in [1.29, 1.82) is 0 Å². The van der Waals surface area contributed by atoms with E-state index in [1.807, 2.05) is 6.07 Å². The first-order chi connectivity index (χ1) is 9.97. The molecule has 0 aromatic heterocycles. The molecular weight excluding hydrogens is 352 g/mol. The molecule has 0 radical (unpaired) electrons. The fourth-order valence-electron chi connectivity index (χ4n) is 2.99. The number of rotatable bonds is 5. The Kier molecular flexibility index (Phi) is 5.82. The molecule has 1 aliphatic carbocycles. The summed E-state index contributed by atoms with van der Waals surface area (Å²) in [5.74, 6) is 0.435. The fraction of sp³-hybridized carbons (Fsp3) is 0.600. The van der Waals surface area contributed by atoms with Crippen molar-refractivity contribution in [2.45, 2.75) is 56.5 Å². The summed E-state index contributed by atoms with van der Waals surface area (Å²) >= 11 is 3.33. The molecule has 4 nitrogen and oxygen atoms in total. The molecule has 0 heterocycles. The third kappa shape index (κ3) is 4.06. The average molecular weight is 375 g/mol. The van der Waals surface area contributed by atoms with Crippen LogP contribution in [0.15, 0.2) is 27.6 Å². The smallest absolute Gasteiger partial charge is 0.241 e. The number of halogens is 1. The fourth-order valence-corrected chi connectivity index (χ4v) is 5.35. The molecule has 0 saturated heterocycles. The number of nitrogens with two attached hydrogens (primary N) is 1. The van der Waals surface area contributed by atoms with Gasteiger partial charge in [0.25, 0.3) is 0 Å². The van der Waals surface area contributed by atoms with Crippen LogP contribution in [0.25, 0.3) is 0 Å². The molecule has 1 aromatic rings. The van der Waals surface area contributed by atoms with Crippen molar-refractivity contribution in [3.8, 4) is 0 Å². The van der Waals surface area contributed by atoms with Crippen LogP contribution in [0.4, 0.5) is 0 Å². The van der Waals surface area contributed by atoms with E-state index in [-0.39, 0.29) is 10.9 Å². The zero-order valence-corrected chi connectivity index (χ0v) is 14.7. The summed E-state index contributed by atoms with van der Waals surface area (Å²) in [5.41, 5.74) is 6.42. The summed E-state index contributed by atoms with van der Waals surface area (Å²) < 4.78 is 28.8. The average Bonchev–Trinajstić information content (AvgIpc) is 2.47. The van der Waals surface area contributed by atoms with Crippen LogP contribution in [0.3, 0.4) is 0 Å². The molecule has 1 fully saturated rings. The zero-order valence-electron chi connectivity index (χ0n) is 12.3. The van der Waals surface area contributed by atoms with E-state index in [0.29, 0.717) is 16.9 Å². The number of hydrogen-bond donors (Lipinski definition) is 2. The molecule has 21 heavy (non-hydrogen) atoms. The van der Waals surface area contributed by atoms with Crippen LogP contribution in [0.2, 0.25) is 0 Å². The monoisotopic (exact) mass is 374 g/mol. The van der Waals surface area contributed by atoms with Crippen molar-refractivity contribution < 1.29 is 8.42 Å². The molecule has 0 amide bonds. The van der Waals surface area contributed by atoms with Crippen LogP contribution in [-0.4, -0.2) is 14.5 Å². The van der Waals surface area contributed by atoms with Gasteiger partial charge in [0.1, 0.15) is 0 Å². The number of nitrogens with one attached hydrogen (secondary N) is 1. The van der Waals surface area contributed by atoms with E-state index < -0.39 is 10.0 Å². The molecule has 0 spiro atoms. The first-order valence-electron chi connectivity index (χ1n) is 7.48. The van der Waals surface area contributed by atoms with E-state index in [9.17, 15) is 8.42 Å². The lowest BCUT2D eigenvalue weighted by molar-refractivity contribution is 0.282. The molecule has 6 heteroatoms. The quantitative estimate of drug-likeness (QED) is 0.831. The summed E-state index contributed by atoms with van der Waals surface area (Å²) in [6.07, 6.45) is 5.33. The molecule has 1 saturated carbocycles. The minimum Gasteiger partial charge on any atom is -0.326 e. The number of benzene rings is 1. The second-order valence-corrected chi connectivity index (χ2v) is 8.19. The summed E-state index contributed by atoms with van der Waals surface area (Å²) in [4.78, 5) is 0.283. The van der Waals surface area contributed by atoms with Gasteiger partial charge in [-0.25, -0.2) is 13.1 Å². The molecule has 2 rings (SSSR count). The van der Waals surface area contributed by atoms with E-state index in [1.54, 1.807) is 12.1 Å². The van der Waals surface area contributed by atoms with Gasteiger partial charge in [0, 0.05) is 17.1 Å². The second-order valence-electron chi connectivity index (χ2n) is 5.65. The predicted octanol–water partition coefficient (Wildman–Crippen LogP) is 3.15. The van der Waals surface area contributed by atoms with Crippen LogP contribution >= 0.6 is 15.9 Å². The molecule has 2 atom stereocenters. The van der Waals surface area contributed by atoms with E-state index in [2.05, 4.69) is 27.6 Å². The lowest BCUT2D eigenvalue weighted by Crippen LogP contribution is -2.41. The van der Waals surface area contributed by atoms with Crippen LogP contribution in [0.5, 0.6) is 0 Å². The van der Waals surface area contributed by atoms with Gasteiger partial charge in [-0.2, -0.15) is 0 Å². The van der Waals surface area contributed by atoms with Gasteiger partial charge in [-0.05, 0) is 52.4 Å². The van der Waals surface area contributed by atoms with E-state index in [4.69, 9.17) is 5.73 Å². The second kappa shape index (κ2) is 7.22. The van der Waals surface area contributed by atoms with Crippen LogP contribution < -0.4 is 10.5 Å². The van der Waals surface area contributed by atoms with Gasteiger partial charge in [-0.1, -0.05) is 32.3 Å². The zero-order chi connectivity index (χ0) is 15.5. The maximum atomic E-state index is 12.7. The molecular formula is C15H23BrN2O2S. The van der Waals surface area contributed by atoms with Gasteiger partial charge in [0.15, 0.2) is 0 Å². The first-order valence-corrected chi connectivity index (χ1v) is 9.76. The molecule has 118 valence electrons. The Bertz CT molecular complexity index is 589. The SMILES string of the molecule is CCC1CCCCC1NS(=O)(=O)c1cc(CN)ccc1Br. The maximum Gasteiger partial charge on any atom is 0.241 e. The highest BCUT2D eigenvalue weighted by atomic mass is 79.9. The van der Waals surface area contributed by atoms with Gasteiger partial charge in [-0.15, -0.1) is 0 Å². The van der Waals surface area contributed by atoms with Crippen molar-refractivity contribution >= 4 is 26.0 Å². The summed E-state index contributed by atoms with van der Waals surface area (Å²) in [7, 11) is -3.52. The molecule has 1 aromatic carbocycles. The highest BCUT2D eigenvalue weighted by molar-refractivity contribution is 9.10. The minimum atomic E-state index is -3.52. The maximum absolute atomic E-state index is 12.7. The molecule has 3 N–H and O–H groups in total. The summed E-state index contributed by atoms with van der Waals surface area (Å²) in [5, 5.41) is 0. The Morgan fingerprint density at radius 3 is 2.71 bits per heavy atom. The number of sulfonamides is 1. The van der Waals surface area contributed by atoms with Gasteiger partial charge < -0.3 is 5.73 Å². The van der Waals surface area contributed by atoms with Crippen LogP contribution in [-0.2, 0) is 16.6 Å². The Hall–Kier alpha value is -0.430. The standard InChI is InChI=1S/C15H23BrN2O2S/c1-2-12-5-3-4-6-14(12)18-21(19,20)15-9-11(10-17)7-8-13(15)16/h7-9,12,14,18H,2-6,10,17H2,1H3. The van der Waals surface area contributed by atoms with Gasteiger partial charge in [0.05, 0.1) is 4.90 Å². The normalized spacial score (nSPS) is 23.2. The van der Waals surface area contributed by atoms with Crippen molar-refractivity contribution in [2.24, 2.45) is 11.7 Å². The lowest BCUT2D eigenvalue weighted by Gasteiger charge is -2.31. The predicted molar refractivity (Wildman–Crippen MR) is 88.4 cm³/mol. The van der Waals surface area contributed by atoms with E-state index in [0.717, 1.165) is 31.2 Å².